The summed E-state index contributed by atoms with van der Waals surface area (Å²) in [6.07, 6.45) is 4.56. The lowest BCUT2D eigenvalue weighted by Crippen LogP contribution is -2.21. The van der Waals surface area contributed by atoms with Gasteiger partial charge >= 0.3 is 0 Å². The maximum atomic E-state index is 5.63. The van der Waals surface area contributed by atoms with Gasteiger partial charge in [0.15, 0.2) is 5.76 Å². The number of aromatic nitrogens is 2. The van der Waals surface area contributed by atoms with Crippen molar-refractivity contribution < 1.29 is 4.42 Å². The molecule has 1 saturated carbocycles. The van der Waals surface area contributed by atoms with Crippen molar-refractivity contribution in [1.82, 2.24) is 15.5 Å². The first-order valence-corrected chi connectivity index (χ1v) is 6.46. The third-order valence-corrected chi connectivity index (χ3v) is 3.68. The molecule has 1 aliphatic rings. The fourth-order valence-electron chi connectivity index (χ4n) is 2.12. The lowest BCUT2D eigenvalue weighted by atomic mass is 10.1. The molecule has 96 valence electrons. The topological polar surface area (TPSA) is 53.9 Å². The molecular formula is C14H19N3O. The predicted octanol–water partition coefficient (Wildman–Crippen LogP) is 2.87. The van der Waals surface area contributed by atoms with Crippen molar-refractivity contribution >= 4 is 0 Å². The predicted molar refractivity (Wildman–Crippen MR) is 70.1 cm³/mol. The van der Waals surface area contributed by atoms with Gasteiger partial charge in [-0.25, -0.2) is 0 Å². The van der Waals surface area contributed by atoms with Crippen LogP contribution in [-0.2, 0) is 6.54 Å². The quantitative estimate of drug-likeness (QED) is 0.851. The van der Waals surface area contributed by atoms with Gasteiger partial charge in [-0.3, -0.25) is 5.10 Å². The van der Waals surface area contributed by atoms with Crippen LogP contribution in [0.5, 0.6) is 0 Å². The number of H-pyrrole nitrogens is 1. The van der Waals surface area contributed by atoms with Crippen LogP contribution in [-0.4, -0.2) is 16.7 Å². The van der Waals surface area contributed by atoms with Crippen LogP contribution in [0.2, 0.25) is 0 Å². The van der Waals surface area contributed by atoms with Crippen LogP contribution >= 0.6 is 0 Å². The molecule has 1 aliphatic carbocycles. The summed E-state index contributed by atoms with van der Waals surface area (Å²) in [6.45, 7) is 6.19. The Bertz CT molecular complexity index is 537. The van der Waals surface area contributed by atoms with Crippen LogP contribution in [0.1, 0.15) is 31.1 Å². The molecule has 0 aliphatic heterocycles. The van der Waals surface area contributed by atoms with Crippen molar-refractivity contribution in [2.45, 2.75) is 33.2 Å². The molecule has 4 nitrogen and oxygen atoms in total. The molecule has 0 unspecified atom stereocenters. The van der Waals surface area contributed by atoms with E-state index in [0.717, 1.165) is 35.9 Å². The number of rotatable bonds is 5. The highest BCUT2D eigenvalue weighted by Crippen LogP contribution is 2.44. The summed E-state index contributed by atoms with van der Waals surface area (Å²) in [5.74, 6) is 1.78. The molecule has 0 saturated heterocycles. The maximum Gasteiger partial charge on any atom is 0.152 e. The lowest BCUT2D eigenvalue weighted by Gasteiger charge is -2.09. The van der Waals surface area contributed by atoms with Crippen LogP contribution in [0.15, 0.2) is 22.7 Å². The van der Waals surface area contributed by atoms with E-state index in [0.29, 0.717) is 5.41 Å². The lowest BCUT2D eigenvalue weighted by molar-refractivity contribution is 0.499. The Balaban J connectivity index is 1.67. The summed E-state index contributed by atoms with van der Waals surface area (Å²) >= 11 is 0. The first-order chi connectivity index (χ1) is 8.66. The van der Waals surface area contributed by atoms with Gasteiger partial charge in [-0.1, -0.05) is 6.92 Å². The Morgan fingerprint density at radius 1 is 1.44 bits per heavy atom. The minimum absolute atomic E-state index is 0.533. The van der Waals surface area contributed by atoms with Gasteiger partial charge in [0.2, 0.25) is 0 Å². The van der Waals surface area contributed by atoms with Crippen molar-refractivity contribution in [2.24, 2.45) is 5.41 Å². The van der Waals surface area contributed by atoms with Crippen molar-refractivity contribution in [3.8, 4) is 11.5 Å². The van der Waals surface area contributed by atoms with Crippen LogP contribution in [0, 0.1) is 12.3 Å². The van der Waals surface area contributed by atoms with E-state index in [9.17, 15) is 0 Å². The van der Waals surface area contributed by atoms with Crippen molar-refractivity contribution in [1.29, 1.82) is 0 Å². The highest BCUT2D eigenvalue weighted by molar-refractivity contribution is 5.56. The fourth-order valence-corrected chi connectivity index (χ4v) is 2.12. The van der Waals surface area contributed by atoms with Crippen LogP contribution in [0.4, 0.5) is 0 Å². The van der Waals surface area contributed by atoms with Gasteiger partial charge in [0.1, 0.15) is 11.5 Å². The third kappa shape index (κ3) is 2.34. The SMILES string of the molecule is Cc1ccc(-c2[nH]ncc2CNCC2(C)CC2)o1. The zero-order chi connectivity index (χ0) is 12.6. The number of furan rings is 1. The van der Waals surface area contributed by atoms with Gasteiger partial charge < -0.3 is 9.73 Å². The normalized spacial score (nSPS) is 17.0. The molecule has 4 heteroatoms. The molecule has 2 heterocycles. The largest absolute Gasteiger partial charge is 0.460 e. The van der Waals surface area contributed by atoms with E-state index in [1.54, 1.807) is 0 Å². The zero-order valence-corrected chi connectivity index (χ0v) is 10.9. The van der Waals surface area contributed by atoms with Gasteiger partial charge in [0.05, 0.1) is 6.20 Å². The highest BCUT2D eigenvalue weighted by atomic mass is 16.3. The van der Waals surface area contributed by atoms with E-state index in [1.165, 1.54) is 12.8 Å². The molecule has 0 atom stereocenters. The molecule has 2 N–H and O–H groups in total. The Morgan fingerprint density at radius 2 is 2.28 bits per heavy atom. The van der Waals surface area contributed by atoms with Crippen molar-refractivity contribution in [2.75, 3.05) is 6.54 Å². The molecule has 0 amide bonds. The minimum atomic E-state index is 0.533. The second-order valence-corrected chi connectivity index (χ2v) is 5.59. The summed E-state index contributed by atoms with van der Waals surface area (Å²) in [5.41, 5.74) is 2.68. The number of nitrogens with one attached hydrogen (secondary N) is 2. The molecule has 0 bridgehead atoms. The summed E-state index contributed by atoms with van der Waals surface area (Å²) in [6, 6.07) is 3.95. The summed E-state index contributed by atoms with van der Waals surface area (Å²) in [7, 11) is 0. The van der Waals surface area contributed by atoms with E-state index in [-0.39, 0.29) is 0 Å². The number of aryl methyl sites for hydroxylation is 1. The molecule has 18 heavy (non-hydrogen) atoms. The maximum absolute atomic E-state index is 5.63. The Hall–Kier alpha value is -1.55. The van der Waals surface area contributed by atoms with Crippen LogP contribution in [0.3, 0.4) is 0 Å². The molecule has 3 rings (SSSR count). The second-order valence-electron chi connectivity index (χ2n) is 5.59. The third-order valence-electron chi connectivity index (χ3n) is 3.68. The number of nitrogens with zero attached hydrogens (tertiary/aromatic N) is 1. The van der Waals surface area contributed by atoms with E-state index in [4.69, 9.17) is 4.42 Å². The van der Waals surface area contributed by atoms with Gasteiger partial charge in [0, 0.05) is 18.7 Å². The fraction of sp³-hybridized carbons (Fsp3) is 0.500. The smallest absolute Gasteiger partial charge is 0.152 e. The first kappa shape index (κ1) is 11.5. The molecule has 2 aromatic heterocycles. The van der Waals surface area contributed by atoms with E-state index in [1.807, 2.05) is 25.3 Å². The summed E-state index contributed by atoms with van der Waals surface area (Å²) in [4.78, 5) is 0. The van der Waals surface area contributed by atoms with E-state index >= 15 is 0 Å². The second kappa shape index (κ2) is 4.28. The standard InChI is InChI=1S/C14H19N3O/c1-10-3-4-12(18-10)13-11(8-16-17-13)7-15-9-14(2)5-6-14/h3-4,8,15H,5-7,9H2,1-2H3,(H,16,17). The zero-order valence-electron chi connectivity index (χ0n) is 10.9. The van der Waals surface area contributed by atoms with Crippen LogP contribution < -0.4 is 5.32 Å². The van der Waals surface area contributed by atoms with Crippen LogP contribution in [0.25, 0.3) is 11.5 Å². The highest BCUT2D eigenvalue weighted by Gasteiger charge is 2.36. The number of aromatic amines is 1. The average molecular weight is 245 g/mol. The Kier molecular flexibility index (Phi) is 2.74. The number of hydrogen-bond acceptors (Lipinski definition) is 3. The number of hydrogen-bond donors (Lipinski definition) is 2. The van der Waals surface area contributed by atoms with Gasteiger partial charge in [-0.2, -0.15) is 5.10 Å². The molecule has 1 fully saturated rings. The van der Waals surface area contributed by atoms with Gasteiger partial charge in [0.25, 0.3) is 0 Å². The van der Waals surface area contributed by atoms with Gasteiger partial charge in [-0.15, -0.1) is 0 Å². The van der Waals surface area contributed by atoms with Crippen molar-refractivity contribution in [3.63, 3.8) is 0 Å². The molecular weight excluding hydrogens is 226 g/mol. The molecule has 0 aromatic carbocycles. The van der Waals surface area contributed by atoms with E-state index in [2.05, 4.69) is 22.4 Å². The summed E-state index contributed by atoms with van der Waals surface area (Å²) in [5, 5.41) is 10.6. The molecule has 2 aromatic rings. The van der Waals surface area contributed by atoms with Gasteiger partial charge in [-0.05, 0) is 37.3 Å². The monoisotopic (exact) mass is 245 g/mol. The minimum Gasteiger partial charge on any atom is -0.460 e. The van der Waals surface area contributed by atoms with E-state index < -0.39 is 0 Å². The first-order valence-electron chi connectivity index (χ1n) is 6.46. The average Bonchev–Trinajstić information content (AvgIpc) is 2.78. The Morgan fingerprint density at radius 3 is 2.94 bits per heavy atom. The molecule has 0 spiro atoms. The Labute approximate surface area is 107 Å². The molecule has 0 radical (unpaired) electrons. The summed E-state index contributed by atoms with van der Waals surface area (Å²) < 4.78 is 5.63. The van der Waals surface area contributed by atoms with Crippen molar-refractivity contribution in [3.05, 3.63) is 29.7 Å².